The van der Waals surface area contributed by atoms with Crippen molar-refractivity contribution in [2.24, 2.45) is 5.92 Å². The number of aromatic nitrogens is 1. The fourth-order valence-electron chi connectivity index (χ4n) is 3.29. The number of hydrogen-bond acceptors (Lipinski definition) is 6. The highest BCUT2D eigenvalue weighted by atomic mass is 32.2. The number of benzene rings is 1. The van der Waals surface area contributed by atoms with E-state index in [1.807, 2.05) is 6.07 Å². The maximum atomic E-state index is 12.9. The highest BCUT2D eigenvalue weighted by molar-refractivity contribution is 7.89. The van der Waals surface area contributed by atoms with E-state index < -0.39 is 16.1 Å². The van der Waals surface area contributed by atoms with Crippen LogP contribution in [0.5, 0.6) is 11.5 Å². The molecule has 1 atom stereocenters. The molecule has 2 N–H and O–H groups in total. The normalized spacial score (nSPS) is 23.1. The van der Waals surface area contributed by atoms with Crippen molar-refractivity contribution in [2.75, 3.05) is 13.2 Å². The SMILES string of the molecule is O=S(=O)(N[C@H](c1ccccn1)C1CC(O)C1)c1ccc2c(c1)OCCO2. The summed E-state index contributed by atoms with van der Waals surface area (Å²) in [6.07, 6.45) is 2.34. The molecule has 1 aliphatic carbocycles. The second kappa shape index (κ2) is 6.86. The Balaban J connectivity index is 1.62. The molecule has 2 heterocycles. The zero-order valence-electron chi connectivity index (χ0n) is 14.0. The van der Waals surface area contributed by atoms with Crippen LogP contribution in [0.25, 0.3) is 0 Å². The van der Waals surface area contributed by atoms with Crippen molar-refractivity contribution in [3.63, 3.8) is 0 Å². The summed E-state index contributed by atoms with van der Waals surface area (Å²) in [5.41, 5.74) is 0.644. The molecule has 1 aromatic carbocycles. The zero-order valence-corrected chi connectivity index (χ0v) is 14.9. The summed E-state index contributed by atoms with van der Waals surface area (Å²) >= 11 is 0. The van der Waals surface area contributed by atoms with Crippen LogP contribution in [0.3, 0.4) is 0 Å². The van der Waals surface area contributed by atoms with Crippen LogP contribution < -0.4 is 14.2 Å². The molecule has 2 aliphatic rings. The van der Waals surface area contributed by atoms with Crippen LogP contribution in [0.15, 0.2) is 47.5 Å². The van der Waals surface area contributed by atoms with E-state index in [0.29, 0.717) is 43.2 Å². The minimum absolute atomic E-state index is 0.00638. The van der Waals surface area contributed by atoms with Gasteiger partial charge in [0.25, 0.3) is 0 Å². The summed E-state index contributed by atoms with van der Waals surface area (Å²) in [4.78, 5) is 4.42. The standard InChI is InChI=1S/C18H20N2O5S/c21-13-9-12(10-13)18(15-3-1-2-6-19-15)20-26(22,23)14-4-5-16-17(11-14)25-8-7-24-16/h1-6,11-13,18,20-21H,7-10H2/t12?,13?,18-/m0/s1. The molecule has 0 unspecified atom stereocenters. The molecular weight excluding hydrogens is 356 g/mol. The van der Waals surface area contributed by atoms with Crippen LogP contribution in [0, 0.1) is 5.92 Å². The van der Waals surface area contributed by atoms with Crippen molar-refractivity contribution in [1.29, 1.82) is 0 Å². The Hall–Kier alpha value is -2.16. The van der Waals surface area contributed by atoms with Crippen LogP contribution in [-0.4, -0.2) is 37.8 Å². The Bertz CT molecular complexity index is 882. The Morgan fingerprint density at radius 3 is 2.58 bits per heavy atom. The summed E-state index contributed by atoms with van der Waals surface area (Å²) in [6, 6.07) is 9.49. The van der Waals surface area contributed by atoms with Gasteiger partial charge in [0, 0.05) is 12.3 Å². The fourth-order valence-corrected chi connectivity index (χ4v) is 4.58. The van der Waals surface area contributed by atoms with Crippen LogP contribution >= 0.6 is 0 Å². The Labute approximate surface area is 152 Å². The minimum atomic E-state index is -3.79. The molecule has 26 heavy (non-hydrogen) atoms. The van der Waals surface area contributed by atoms with Crippen molar-refractivity contribution in [3.8, 4) is 11.5 Å². The van der Waals surface area contributed by atoms with Crippen LogP contribution in [0.1, 0.15) is 24.6 Å². The van der Waals surface area contributed by atoms with Crippen molar-refractivity contribution in [2.45, 2.75) is 29.9 Å². The van der Waals surface area contributed by atoms with Gasteiger partial charge in [-0.2, -0.15) is 0 Å². The van der Waals surface area contributed by atoms with Gasteiger partial charge in [-0.15, -0.1) is 0 Å². The molecule has 7 nitrogen and oxygen atoms in total. The van der Waals surface area contributed by atoms with Crippen LogP contribution in [-0.2, 0) is 10.0 Å². The second-order valence-electron chi connectivity index (χ2n) is 6.54. The number of aliphatic hydroxyl groups is 1. The van der Waals surface area contributed by atoms with Gasteiger partial charge in [0.15, 0.2) is 11.5 Å². The van der Waals surface area contributed by atoms with E-state index >= 15 is 0 Å². The molecule has 1 aliphatic heterocycles. The molecule has 0 radical (unpaired) electrons. The molecule has 2 aromatic rings. The maximum absolute atomic E-state index is 12.9. The molecule has 1 saturated carbocycles. The minimum Gasteiger partial charge on any atom is -0.486 e. The number of hydrogen-bond donors (Lipinski definition) is 2. The Morgan fingerprint density at radius 1 is 1.12 bits per heavy atom. The predicted octanol–water partition coefficient (Wildman–Crippen LogP) is 1.64. The third-order valence-corrected chi connectivity index (χ3v) is 6.17. The number of ether oxygens (including phenoxy) is 2. The van der Waals surface area contributed by atoms with Crippen molar-refractivity contribution >= 4 is 10.0 Å². The first kappa shape index (κ1) is 17.3. The number of sulfonamides is 1. The van der Waals surface area contributed by atoms with Gasteiger partial charge < -0.3 is 14.6 Å². The summed E-state index contributed by atoms with van der Waals surface area (Å²) < 4.78 is 39.5. The molecule has 0 spiro atoms. The highest BCUT2D eigenvalue weighted by Crippen LogP contribution is 2.39. The third kappa shape index (κ3) is 3.40. The quantitative estimate of drug-likeness (QED) is 0.823. The predicted molar refractivity (Wildman–Crippen MR) is 93.5 cm³/mol. The number of nitrogens with zero attached hydrogens (tertiary/aromatic N) is 1. The van der Waals surface area contributed by atoms with Gasteiger partial charge in [-0.1, -0.05) is 6.07 Å². The lowest BCUT2D eigenvalue weighted by Crippen LogP contribution is -2.41. The lowest BCUT2D eigenvalue weighted by Gasteiger charge is -2.37. The van der Waals surface area contributed by atoms with Crippen molar-refractivity contribution < 1.29 is 23.0 Å². The highest BCUT2D eigenvalue weighted by Gasteiger charge is 2.38. The molecular formula is C18H20N2O5S. The van der Waals surface area contributed by atoms with E-state index in [9.17, 15) is 13.5 Å². The summed E-state index contributed by atoms with van der Waals surface area (Å²) in [5, 5.41) is 9.63. The molecule has 0 saturated heterocycles. The fraction of sp³-hybridized carbons (Fsp3) is 0.389. The summed E-state index contributed by atoms with van der Waals surface area (Å²) in [7, 11) is -3.79. The number of fused-ring (bicyclic) bond motifs is 1. The van der Waals surface area contributed by atoms with Gasteiger partial charge in [-0.3, -0.25) is 4.98 Å². The van der Waals surface area contributed by atoms with E-state index in [2.05, 4.69) is 9.71 Å². The van der Waals surface area contributed by atoms with E-state index in [-0.39, 0.29) is 16.9 Å². The molecule has 0 bridgehead atoms. The molecule has 0 amide bonds. The third-order valence-electron chi connectivity index (χ3n) is 4.73. The smallest absolute Gasteiger partial charge is 0.241 e. The van der Waals surface area contributed by atoms with Gasteiger partial charge in [-0.05, 0) is 43.0 Å². The van der Waals surface area contributed by atoms with E-state index in [0.717, 1.165) is 0 Å². The van der Waals surface area contributed by atoms with E-state index in [1.54, 1.807) is 24.4 Å². The first-order valence-corrected chi connectivity index (χ1v) is 10.0. The number of rotatable bonds is 5. The molecule has 4 rings (SSSR count). The average molecular weight is 376 g/mol. The van der Waals surface area contributed by atoms with Crippen LogP contribution in [0.2, 0.25) is 0 Å². The monoisotopic (exact) mass is 376 g/mol. The largest absolute Gasteiger partial charge is 0.486 e. The maximum Gasteiger partial charge on any atom is 0.241 e. The van der Waals surface area contributed by atoms with Gasteiger partial charge in [-0.25, -0.2) is 13.1 Å². The Kier molecular flexibility index (Phi) is 4.56. The first-order valence-electron chi connectivity index (χ1n) is 8.54. The summed E-state index contributed by atoms with van der Waals surface area (Å²) in [6.45, 7) is 0.837. The van der Waals surface area contributed by atoms with Gasteiger partial charge in [0.2, 0.25) is 10.0 Å². The lowest BCUT2D eigenvalue weighted by atomic mass is 9.76. The summed E-state index contributed by atoms with van der Waals surface area (Å²) in [5.74, 6) is 0.970. The lowest BCUT2D eigenvalue weighted by molar-refractivity contribution is 0.0273. The van der Waals surface area contributed by atoms with Gasteiger partial charge >= 0.3 is 0 Å². The molecule has 138 valence electrons. The van der Waals surface area contributed by atoms with Crippen molar-refractivity contribution in [3.05, 3.63) is 48.3 Å². The van der Waals surface area contributed by atoms with Crippen molar-refractivity contribution in [1.82, 2.24) is 9.71 Å². The molecule has 1 aromatic heterocycles. The zero-order chi connectivity index (χ0) is 18.1. The topological polar surface area (TPSA) is 97.8 Å². The number of aliphatic hydroxyl groups excluding tert-OH is 1. The number of nitrogens with one attached hydrogen (secondary N) is 1. The average Bonchev–Trinajstić information content (AvgIpc) is 2.64. The first-order chi connectivity index (χ1) is 12.5. The van der Waals surface area contributed by atoms with E-state index in [4.69, 9.17) is 9.47 Å². The molecule has 8 heteroatoms. The number of pyridine rings is 1. The Morgan fingerprint density at radius 2 is 1.88 bits per heavy atom. The molecule has 1 fully saturated rings. The van der Waals surface area contributed by atoms with Gasteiger partial charge in [0.1, 0.15) is 13.2 Å². The second-order valence-corrected chi connectivity index (χ2v) is 8.26. The van der Waals surface area contributed by atoms with Gasteiger partial charge in [0.05, 0.1) is 22.7 Å². The van der Waals surface area contributed by atoms with Crippen LogP contribution in [0.4, 0.5) is 0 Å². The van der Waals surface area contributed by atoms with E-state index in [1.165, 1.54) is 12.1 Å².